The maximum atomic E-state index is 13.6. The van der Waals surface area contributed by atoms with Crippen molar-refractivity contribution in [2.75, 3.05) is 17.3 Å². The van der Waals surface area contributed by atoms with Crippen molar-refractivity contribution in [2.24, 2.45) is 0 Å². The number of rotatable bonds is 6. The van der Waals surface area contributed by atoms with Gasteiger partial charge >= 0.3 is 0 Å². The van der Waals surface area contributed by atoms with Crippen molar-refractivity contribution < 1.29 is 19.0 Å². The highest BCUT2D eigenvalue weighted by atomic mass is 32.1. The van der Waals surface area contributed by atoms with Crippen LogP contribution in [0.3, 0.4) is 0 Å². The second-order valence-corrected chi connectivity index (χ2v) is 8.36. The van der Waals surface area contributed by atoms with Gasteiger partial charge in [0.05, 0.1) is 29.3 Å². The Hall–Kier alpha value is -4.25. The summed E-state index contributed by atoms with van der Waals surface area (Å²) in [5, 5.41) is 21.7. The fourth-order valence-electron chi connectivity index (χ4n) is 4.00. The lowest BCUT2D eigenvalue weighted by molar-refractivity contribution is -0.385. The van der Waals surface area contributed by atoms with Crippen LogP contribution in [0.4, 0.5) is 17.2 Å². The van der Waals surface area contributed by atoms with Gasteiger partial charge in [-0.3, -0.25) is 19.8 Å². The lowest BCUT2D eigenvalue weighted by atomic mass is 9.93. The van der Waals surface area contributed by atoms with Gasteiger partial charge in [-0.05, 0) is 50.7 Å². The van der Waals surface area contributed by atoms with Gasteiger partial charge in [0, 0.05) is 23.4 Å². The van der Waals surface area contributed by atoms with Crippen LogP contribution in [0.15, 0.2) is 64.3 Å². The van der Waals surface area contributed by atoms with Crippen molar-refractivity contribution in [1.29, 1.82) is 0 Å². The number of nitrogens with one attached hydrogen (secondary N) is 2. The number of aromatic nitrogens is 1. The Kier molecular flexibility index (Phi) is 6.52. The molecule has 0 saturated carbocycles. The number of benzene rings is 2. The summed E-state index contributed by atoms with van der Waals surface area (Å²) in [6, 6.07) is 13.0. The molecule has 35 heavy (non-hydrogen) atoms. The second kappa shape index (κ2) is 9.55. The number of aryl methyl sites for hydroxylation is 2. The van der Waals surface area contributed by atoms with Crippen molar-refractivity contribution in [3.05, 3.63) is 86.8 Å². The smallest absolute Gasteiger partial charge is 0.272 e. The van der Waals surface area contributed by atoms with E-state index >= 15 is 0 Å². The van der Waals surface area contributed by atoms with Gasteiger partial charge < -0.3 is 19.9 Å². The summed E-state index contributed by atoms with van der Waals surface area (Å²) in [5.74, 6) is 0.889. The quantitative estimate of drug-likeness (QED) is 0.289. The van der Waals surface area contributed by atoms with E-state index in [9.17, 15) is 14.9 Å². The molecule has 1 aromatic heterocycles. The molecule has 1 amide bonds. The Morgan fingerprint density at radius 1 is 1.23 bits per heavy atom. The fourth-order valence-corrected chi connectivity index (χ4v) is 4.36. The molecule has 0 aliphatic carbocycles. The van der Waals surface area contributed by atoms with E-state index in [1.807, 2.05) is 18.2 Å². The van der Waals surface area contributed by atoms with E-state index in [-0.39, 0.29) is 11.5 Å². The maximum absolute atomic E-state index is 13.6. The van der Waals surface area contributed by atoms with E-state index < -0.39 is 16.9 Å². The van der Waals surface area contributed by atoms with E-state index in [1.54, 1.807) is 57.0 Å². The Bertz CT molecular complexity index is 1370. The molecule has 4 rings (SSSR count). The van der Waals surface area contributed by atoms with E-state index in [1.165, 1.54) is 6.07 Å². The number of hydrogen-bond donors (Lipinski definition) is 2. The summed E-state index contributed by atoms with van der Waals surface area (Å²) in [6.07, 6.45) is 0. The molecule has 0 saturated heterocycles. The Morgan fingerprint density at radius 2 is 1.97 bits per heavy atom. The first-order valence-electron chi connectivity index (χ1n) is 10.6. The van der Waals surface area contributed by atoms with Crippen LogP contribution in [0.5, 0.6) is 5.75 Å². The van der Waals surface area contributed by atoms with Crippen LogP contribution in [0.2, 0.25) is 0 Å². The molecule has 1 atom stereocenters. The van der Waals surface area contributed by atoms with Gasteiger partial charge in [0.15, 0.2) is 10.9 Å². The van der Waals surface area contributed by atoms with Gasteiger partial charge in [0.1, 0.15) is 11.5 Å². The number of nitro benzene ring substituents is 1. The summed E-state index contributed by atoms with van der Waals surface area (Å²) >= 11 is 5.69. The number of nitro groups is 1. The summed E-state index contributed by atoms with van der Waals surface area (Å²) < 4.78 is 10.6. The van der Waals surface area contributed by atoms with Crippen LogP contribution in [0.1, 0.15) is 29.9 Å². The number of carbonyl (C=O) groups excluding carboxylic acids is 1. The van der Waals surface area contributed by atoms with Crippen molar-refractivity contribution in [3.8, 4) is 5.75 Å². The predicted octanol–water partition coefficient (Wildman–Crippen LogP) is 4.56. The third-order valence-corrected chi connectivity index (χ3v) is 5.99. The Morgan fingerprint density at radius 3 is 2.63 bits per heavy atom. The molecular weight excluding hydrogens is 470 g/mol. The molecule has 2 heterocycles. The third kappa shape index (κ3) is 4.58. The van der Waals surface area contributed by atoms with Gasteiger partial charge in [-0.15, -0.1) is 0 Å². The maximum Gasteiger partial charge on any atom is 0.272 e. The first-order chi connectivity index (χ1) is 16.7. The number of ether oxygens (including phenoxy) is 1. The van der Waals surface area contributed by atoms with Gasteiger partial charge in [0.25, 0.3) is 11.6 Å². The van der Waals surface area contributed by atoms with Crippen LogP contribution >= 0.6 is 12.2 Å². The summed E-state index contributed by atoms with van der Waals surface area (Å²) in [7, 11) is 1.55. The molecule has 180 valence electrons. The molecule has 0 bridgehead atoms. The SMILES string of the molecule is COc1ccccc1N1C(=S)NC(c2ccc(C)c([N+](=O)[O-])c2)C(C(=O)Nc2cc(C)on2)=C1C. The predicted molar refractivity (Wildman–Crippen MR) is 134 cm³/mol. The molecule has 10 nitrogen and oxygen atoms in total. The highest BCUT2D eigenvalue weighted by Gasteiger charge is 2.36. The number of thiocarbonyl (C=S) groups is 1. The standard InChI is InChI=1S/C24H23N5O5S/c1-13-9-10-16(12-18(13)29(31)32)22-21(23(30)25-20-11-14(2)34-27-20)15(3)28(24(35)26-22)17-7-5-6-8-19(17)33-4/h5-12,22H,1-4H3,(H,26,35)(H,25,27,30). The Labute approximate surface area is 206 Å². The van der Waals surface area contributed by atoms with E-state index in [4.69, 9.17) is 21.5 Å². The summed E-state index contributed by atoms with van der Waals surface area (Å²) in [6.45, 7) is 5.13. The molecule has 2 N–H and O–H groups in total. The second-order valence-electron chi connectivity index (χ2n) is 7.97. The molecule has 0 spiro atoms. The Balaban J connectivity index is 1.87. The van der Waals surface area contributed by atoms with Gasteiger partial charge in [-0.25, -0.2) is 0 Å². The molecule has 1 aliphatic heterocycles. The number of amides is 1. The van der Waals surface area contributed by atoms with Crippen molar-refractivity contribution >= 4 is 40.4 Å². The molecule has 0 fully saturated rings. The number of methoxy groups -OCH3 is 1. The zero-order valence-electron chi connectivity index (χ0n) is 19.5. The molecule has 2 aromatic carbocycles. The van der Waals surface area contributed by atoms with Crippen molar-refractivity contribution in [2.45, 2.75) is 26.8 Å². The largest absolute Gasteiger partial charge is 0.495 e. The number of para-hydroxylation sites is 2. The normalized spacial score (nSPS) is 15.6. The van der Waals surface area contributed by atoms with Gasteiger partial charge in [-0.1, -0.05) is 29.4 Å². The minimum atomic E-state index is -0.749. The monoisotopic (exact) mass is 493 g/mol. The lowest BCUT2D eigenvalue weighted by Crippen LogP contribution is -2.48. The lowest BCUT2D eigenvalue weighted by Gasteiger charge is -2.38. The number of anilines is 2. The molecule has 0 radical (unpaired) electrons. The first kappa shape index (κ1) is 23.9. The summed E-state index contributed by atoms with van der Waals surface area (Å²) in [4.78, 5) is 26.4. The molecule has 1 unspecified atom stereocenters. The number of nitrogens with zero attached hydrogens (tertiary/aromatic N) is 3. The topological polar surface area (TPSA) is 123 Å². The molecule has 1 aliphatic rings. The van der Waals surface area contributed by atoms with Crippen molar-refractivity contribution in [1.82, 2.24) is 10.5 Å². The van der Waals surface area contributed by atoms with Gasteiger partial charge in [0.2, 0.25) is 0 Å². The minimum absolute atomic E-state index is 0.0492. The molecule has 11 heteroatoms. The number of allylic oxidation sites excluding steroid dienone is 1. The van der Waals surface area contributed by atoms with Crippen molar-refractivity contribution in [3.63, 3.8) is 0 Å². The zero-order valence-corrected chi connectivity index (χ0v) is 20.3. The molecular formula is C24H23N5O5S. The van der Waals surface area contributed by atoms with E-state index in [0.29, 0.717) is 44.7 Å². The van der Waals surface area contributed by atoms with Crippen LogP contribution in [-0.4, -0.2) is 28.2 Å². The number of carbonyl (C=O) groups is 1. The van der Waals surface area contributed by atoms with Crippen LogP contribution < -0.4 is 20.3 Å². The zero-order chi connectivity index (χ0) is 25.3. The highest BCUT2D eigenvalue weighted by Crippen LogP contribution is 2.38. The fraction of sp³-hybridized carbons (Fsp3) is 0.208. The van der Waals surface area contributed by atoms with Gasteiger partial charge in [-0.2, -0.15) is 0 Å². The average Bonchev–Trinajstić information content (AvgIpc) is 3.23. The van der Waals surface area contributed by atoms with E-state index in [2.05, 4.69) is 15.8 Å². The highest BCUT2D eigenvalue weighted by molar-refractivity contribution is 7.80. The van der Waals surface area contributed by atoms with Crippen LogP contribution in [0, 0.1) is 24.0 Å². The first-order valence-corrected chi connectivity index (χ1v) is 11.1. The third-order valence-electron chi connectivity index (χ3n) is 5.69. The number of hydrogen-bond acceptors (Lipinski definition) is 7. The minimum Gasteiger partial charge on any atom is -0.495 e. The van der Waals surface area contributed by atoms with Crippen LogP contribution in [0.25, 0.3) is 0 Å². The van der Waals surface area contributed by atoms with Crippen LogP contribution in [-0.2, 0) is 4.79 Å². The average molecular weight is 494 g/mol. The molecule has 3 aromatic rings. The summed E-state index contributed by atoms with van der Waals surface area (Å²) in [5.41, 5.74) is 2.46. The van der Waals surface area contributed by atoms with E-state index in [0.717, 1.165) is 0 Å².